The Balaban J connectivity index is 1.97. The second-order valence-corrected chi connectivity index (χ2v) is 7.56. The zero-order chi connectivity index (χ0) is 19.1. The van der Waals surface area contributed by atoms with Crippen LogP contribution in [-0.4, -0.2) is 23.6 Å². The van der Waals surface area contributed by atoms with Crippen molar-refractivity contribution < 1.29 is 19.1 Å². The lowest BCUT2D eigenvalue weighted by molar-refractivity contribution is -0.148. The largest absolute Gasteiger partial charge is 0.463 e. The monoisotopic (exact) mass is 350 g/mol. The maximum absolute atomic E-state index is 12.9. The van der Waals surface area contributed by atoms with E-state index < -0.39 is 5.41 Å². The number of rotatable bonds is 4. The van der Waals surface area contributed by atoms with Crippen LogP contribution < -0.4 is 0 Å². The molecule has 0 atom stereocenters. The van der Waals surface area contributed by atoms with Gasteiger partial charge in [0, 0.05) is 27.7 Å². The van der Waals surface area contributed by atoms with Crippen LogP contribution in [0, 0.1) is 0 Å². The molecule has 3 rings (SSSR count). The summed E-state index contributed by atoms with van der Waals surface area (Å²) in [7, 11) is 0. The van der Waals surface area contributed by atoms with Crippen LogP contribution in [0.3, 0.4) is 0 Å². The first-order valence-electron chi connectivity index (χ1n) is 8.73. The number of ether oxygens (including phenoxy) is 1. The van der Waals surface area contributed by atoms with Crippen LogP contribution in [0.15, 0.2) is 42.5 Å². The molecule has 0 saturated carbocycles. The minimum atomic E-state index is -0.513. The number of benzene rings is 2. The highest BCUT2D eigenvalue weighted by Gasteiger charge is 2.32. The lowest BCUT2D eigenvalue weighted by atomic mass is 9.77. The van der Waals surface area contributed by atoms with Crippen molar-refractivity contribution in [1.29, 1.82) is 0 Å². The van der Waals surface area contributed by atoms with Crippen molar-refractivity contribution in [2.24, 2.45) is 0 Å². The van der Waals surface area contributed by atoms with E-state index in [9.17, 15) is 14.4 Å². The van der Waals surface area contributed by atoms with Gasteiger partial charge < -0.3 is 4.74 Å². The summed E-state index contributed by atoms with van der Waals surface area (Å²) in [5.74, 6) is -0.577. The number of hydrogen-bond donors (Lipinski definition) is 0. The van der Waals surface area contributed by atoms with E-state index in [1.165, 1.54) is 0 Å². The van der Waals surface area contributed by atoms with Gasteiger partial charge in [0.15, 0.2) is 11.6 Å². The summed E-state index contributed by atoms with van der Waals surface area (Å²) in [5, 5.41) is 0. The molecule has 0 unspecified atom stereocenters. The van der Waals surface area contributed by atoms with Gasteiger partial charge in [0.2, 0.25) is 0 Å². The predicted molar refractivity (Wildman–Crippen MR) is 98.6 cm³/mol. The molecule has 0 fully saturated rings. The van der Waals surface area contributed by atoms with Gasteiger partial charge in [-0.1, -0.05) is 44.2 Å². The second-order valence-electron chi connectivity index (χ2n) is 7.56. The first kappa shape index (κ1) is 18.1. The maximum atomic E-state index is 12.9. The van der Waals surface area contributed by atoms with E-state index in [1.807, 2.05) is 33.8 Å². The highest BCUT2D eigenvalue weighted by atomic mass is 16.5. The summed E-state index contributed by atoms with van der Waals surface area (Å²) in [6.45, 7) is 7.48. The molecular weight excluding hydrogens is 328 g/mol. The fourth-order valence-corrected chi connectivity index (χ4v) is 3.29. The van der Waals surface area contributed by atoms with Gasteiger partial charge >= 0.3 is 5.97 Å². The van der Waals surface area contributed by atoms with Crippen LogP contribution in [0.5, 0.6) is 0 Å². The number of fused-ring (bicyclic) bond motifs is 2. The van der Waals surface area contributed by atoms with Crippen molar-refractivity contribution in [1.82, 2.24) is 0 Å². The van der Waals surface area contributed by atoms with Crippen molar-refractivity contribution >= 4 is 17.5 Å². The highest BCUT2D eigenvalue weighted by molar-refractivity contribution is 6.28. The quantitative estimate of drug-likeness (QED) is 0.665. The summed E-state index contributed by atoms with van der Waals surface area (Å²) >= 11 is 0. The van der Waals surface area contributed by atoms with Crippen LogP contribution in [0.1, 0.15) is 71.5 Å². The van der Waals surface area contributed by atoms with Crippen LogP contribution >= 0.6 is 0 Å². The number of carbonyl (C=O) groups excluding carboxylic acids is 3. The van der Waals surface area contributed by atoms with Crippen molar-refractivity contribution in [3.8, 4) is 0 Å². The molecule has 2 aromatic carbocycles. The number of esters is 1. The third-order valence-corrected chi connectivity index (χ3v) is 4.66. The normalized spacial score (nSPS) is 13.4. The van der Waals surface area contributed by atoms with E-state index in [-0.39, 0.29) is 30.1 Å². The summed E-state index contributed by atoms with van der Waals surface area (Å²) in [4.78, 5) is 37.6. The Morgan fingerprint density at radius 2 is 1.46 bits per heavy atom. The van der Waals surface area contributed by atoms with Crippen molar-refractivity contribution in [3.63, 3.8) is 0 Å². The molecule has 0 aliphatic heterocycles. The molecule has 1 aliphatic carbocycles. The van der Waals surface area contributed by atoms with Crippen LogP contribution in [-0.2, 0) is 14.9 Å². The van der Waals surface area contributed by atoms with E-state index >= 15 is 0 Å². The molecule has 26 heavy (non-hydrogen) atoms. The van der Waals surface area contributed by atoms with Gasteiger partial charge in [-0.05, 0) is 31.5 Å². The fraction of sp³-hybridized carbons (Fsp3) is 0.318. The standard InChI is InChI=1S/C22H22O4/c1-13(2)26-19(23)12-22(3,4)14-9-10-17-18(11-14)21(25)16-8-6-5-7-15(16)20(17)24/h5-11,13H,12H2,1-4H3. The summed E-state index contributed by atoms with van der Waals surface area (Å²) in [5.41, 5.74) is 2.00. The van der Waals surface area contributed by atoms with Crippen LogP contribution in [0.2, 0.25) is 0 Å². The zero-order valence-corrected chi connectivity index (χ0v) is 15.5. The van der Waals surface area contributed by atoms with E-state index in [2.05, 4.69) is 0 Å². The zero-order valence-electron chi connectivity index (χ0n) is 15.5. The lowest BCUT2D eigenvalue weighted by Gasteiger charge is -2.27. The molecule has 0 bridgehead atoms. The number of hydrogen-bond acceptors (Lipinski definition) is 4. The van der Waals surface area contributed by atoms with Gasteiger partial charge in [0.05, 0.1) is 12.5 Å². The van der Waals surface area contributed by atoms with Gasteiger partial charge in [-0.25, -0.2) is 0 Å². The minimum absolute atomic E-state index is 0.140. The molecule has 134 valence electrons. The average Bonchev–Trinajstić information content (AvgIpc) is 2.58. The molecule has 2 aromatic rings. The Kier molecular flexibility index (Phi) is 4.53. The lowest BCUT2D eigenvalue weighted by Crippen LogP contribution is -2.26. The molecule has 4 nitrogen and oxygen atoms in total. The van der Waals surface area contributed by atoms with Crippen molar-refractivity contribution in [2.45, 2.75) is 45.6 Å². The van der Waals surface area contributed by atoms with Crippen LogP contribution in [0.4, 0.5) is 0 Å². The third-order valence-electron chi connectivity index (χ3n) is 4.66. The first-order valence-corrected chi connectivity index (χ1v) is 8.73. The fourth-order valence-electron chi connectivity index (χ4n) is 3.29. The first-order chi connectivity index (χ1) is 12.2. The molecule has 0 amide bonds. The molecule has 0 aromatic heterocycles. The van der Waals surface area contributed by atoms with E-state index in [4.69, 9.17) is 4.74 Å². The Labute approximate surface area is 153 Å². The van der Waals surface area contributed by atoms with Crippen molar-refractivity contribution in [2.75, 3.05) is 0 Å². The molecule has 0 saturated heterocycles. The smallest absolute Gasteiger partial charge is 0.306 e. The number of carbonyl (C=O) groups is 3. The Bertz CT molecular complexity index is 906. The molecular formula is C22H22O4. The molecule has 0 heterocycles. The molecule has 4 heteroatoms. The maximum Gasteiger partial charge on any atom is 0.306 e. The van der Waals surface area contributed by atoms with Crippen LogP contribution in [0.25, 0.3) is 0 Å². The number of ketones is 2. The van der Waals surface area contributed by atoms with Gasteiger partial charge in [-0.3, -0.25) is 14.4 Å². The Morgan fingerprint density at radius 3 is 2.04 bits per heavy atom. The average molecular weight is 350 g/mol. The summed E-state index contributed by atoms with van der Waals surface area (Å²) in [6, 6.07) is 12.1. The third kappa shape index (κ3) is 3.19. The highest BCUT2D eigenvalue weighted by Crippen LogP contribution is 2.33. The van der Waals surface area contributed by atoms with E-state index in [1.54, 1.807) is 36.4 Å². The predicted octanol–water partition coefficient (Wildman–Crippen LogP) is 4.08. The van der Waals surface area contributed by atoms with Gasteiger partial charge in [0.25, 0.3) is 0 Å². The molecule has 0 radical (unpaired) electrons. The van der Waals surface area contributed by atoms with Gasteiger partial charge in [-0.2, -0.15) is 0 Å². The molecule has 0 spiro atoms. The minimum Gasteiger partial charge on any atom is -0.463 e. The van der Waals surface area contributed by atoms with Gasteiger partial charge in [-0.15, -0.1) is 0 Å². The summed E-state index contributed by atoms with van der Waals surface area (Å²) in [6.07, 6.45) is 0.0282. The van der Waals surface area contributed by atoms with E-state index in [0.717, 1.165) is 5.56 Å². The topological polar surface area (TPSA) is 60.4 Å². The van der Waals surface area contributed by atoms with Crippen molar-refractivity contribution in [3.05, 3.63) is 70.3 Å². The second kappa shape index (κ2) is 6.52. The van der Waals surface area contributed by atoms with Gasteiger partial charge in [0.1, 0.15) is 0 Å². The van der Waals surface area contributed by atoms with E-state index in [0.29, 0.717) is 22.3 Å². The molecule has 0 N–H and O–H groups in total. The summed E-state index contributed by atoms with van der Waals surface area (Å²) < 4.78 is 5.24. The SMILES string of the molecule is CC(C)OC(=O)CC(C)(C)c1ccc2c(c1)C(=O)c1ccccc1C2=O. The Morgan fingerprint density at radius 1 is 0.923 bits per heavy atom. The Hall–Kier alpha value is -2.75. The molecule has 1 aliphatic rings.